The van der Waals surface area contributed by atoms with Crippen molar-refractivity contribution >= 4 is 44.3 Å². The van der Waals surface area contributed by atoms with Gasteiger partial charge >= 0.3 is 20.4 Å². The van der Waals surface area contributed by atoms with Crippen LogP contribution in [0.5, 0.6) is 0 Å². The molecule has 0 amide bonds. The molecule has 4 heavy (non-hydrogen) atoms. The smallest absolute Gasteiger partial charge is 0.157 e. The van der Waals surface area contributed by atoms with Crippen LogP contribution in [0.15, 0.2) is 0 Å². The highest BCUT2D eigenvalue weighted by Crippen LogP contribution is 1.36. The first kappa shape index (κ1) is 9.09. The van der Waals surface area contributed by atoms with E-state index in [0.29, 0.717) is 20.4 Å². The van der Waals surface area contributed by atoms with Crippen LogP contribution in [0.3, 0.4) is 0 Å². The van der Waals surface area contributed by atoms with Crippen LogP contribution in [0, 0.1) is 0 Å². The minimum atomic E-state index is 0. The third kappa shape index (κ3) is 9.73. The summed E-state index contributed by atoms with van der Waals surface area (Å²) in [5.74, 6) is 0. The summed E-state index contributed by atoms with van der Waals surface area (Å²) < 4.78 is 0. The SMILES string of the molecule is I.[CH3][Mg][CH3]. The second-order valence-corrected chi connectivity index (χ2v) is 2.12. The van der Waals surface area contributed by atoms with Gasteiger partial charge in [-0.1, -0.05) is 0 Å². The highest BCUT2D eigenvalue weighted by Gasteiger charge is 1.54. The highest BCUT2D eigenvalue weighted by atomic mass is 127. The molecule has 0 heterocycles. The molecular formula is C2H7IMg. The fraction of sp³-hybridized carbons (Fsp3) is 1.00. The first-order chi connectivity index (χ1) is 1.41. The Balaban J connectivity index is 0. The molecule has 0 saturated heterocycles. The van der Waals surface area contributed by atoms with Gasteiger partial charge in [0, 0.05) is 0 Å². The zero-order valence-electron chi connectivity index (χ0n) is 3.12. The van der Waals surface area contributed by atoms with E-state index in [-0.39, 0.29) is 24.0 Å². The van der Waals surface area contributed by atoms with E-state index in [4.69, 9.17) is 0 Å². The molecule has 0 spiro atoms. The van der Waals surface area contributed by atoms with Crippen molar-refractivity contribution in [3.63, 3.8) is 0 Å². The molecule has 0 aromatic heterocycles. The maximum absolute atomic E-state index is 2.26. The molecule has 0 fully saturated rings. The second kappa shape index (κ2) is 8.82. The largest absolute Gasteiger partial charge is 0.356 e. The molecule has 0 aromatic rings. The number of hydrogen-bond donors (Lipinski definition) is 0. The average Bonchev–Trinajstić information content (AvgIpc) is 0.918. The molecule has 0 aromatic carbocycles. The summed E-state index contributed by atoms with van der Waals surface area (Å²) in [5, 5.41) is 4.53. The number of hydrogen-bond acceptors (Lipinski definition) is 0. The van der Waals surface area contributed by atoms with Crippen molar-refractivity contribution in [3.8, 4) is 0 Å². The van der Waals surface area contributed by atoms with E-state index >= 15 is 0 Å². The maximum Gasteiger partial charge on any atom is 0.356 e. The monoisotopic (exact) mass is 182 g/mol. The van der Waals surface area contributed by atoms with Crippen molar-refractivity contribution in [2.75, 3.05) is 0 Å². The van der Waals surface area contributed by atoms with Gasteiger partial charge in [0.1, 0.15) is 0 Å². The molecule has 0 bridgehead atoms. The number of rotatable bonds is 0. The van der Waals surface area contributed by atoms with E-state index in [1.54, 1.807) is 0 Å². The van der Waals surface area contributed by atoms with Crippen molar-refractivity contribution in [2.24, 2.45) is 0 Å². The zero-order valence-corrected chi connectivity index (χ0v) is 6.86. The van der Waals surface area contributed by atoms with Crippen molar-refractivity contribution in [1.82, 2.24) is 0 Å². The predicted molar refractivity (Wildman–Crippen MR) is 32.9 cm³/mol. The Hall–Kier alpha value is 1.50. The van der Waals surface area contributed by atoms with Crippen LogP contribution in [0.25, 0.3) is 0 Å². The molecular weight excluding hydrogens is 175 g/mol. The molecule has 0 aliphatic heterocycles. The topological polar surface area (TPSA) is 0 Å². The molecule has 2 heteroatoms. The molecule has 0 N–H and O–H groups in total. The first-order valence-electron chi connectivity index (χ1n) is 1.41. The van der Waals surface area contributed by atoms with Gasteiger partial charge in [0.2, 0.25) is 0 Å². The van der Waals surface area contributed by atoms with Crippen LogP contribution in [0.2, 0.25) is 10.1 Å². The van der Waals surface area contributed by atoms with Crippen LogP contribution < -0.4 is 0 Å². The van der Waals surface area contributed by atoms with Crippen molar-refractivity contribution < 1.29 is 0 Å². The van der Waals surface area contributed by atoms with Gasteiger partial charge in [-0.3, -0.25) is 0 Å². The molecule has 0 nitrogen and oxygen atoms in total. The van der Waals surface area contributed by atoms with E-state index in [1.165, 1.54) is 0 Å². The molecule has 0 radical (unpaired) electrons. The lowest BCUT2D eigenvalue weighted by Gasteiger charge is -1.34. The fourth-order valence-corrected chi connectivity index (χ4v) is 0. The van der Waals surface area contributed by atoms with Crippen molar-refractivity contribution in [2.45, 2.75) is 10.1 Å². The van der Waals surface area contributed by atoms with Crippen LogP contribution in [-0.2, 0) is 0 Å². The van der Waals surface area contributed by atoms with Crippen molar-refractivity contribution in [1.29, 1.82) is 0 Å². The Kier molecular flexibility index (Phi) is 20.0. The third-order valence-corrected chi connectivity index (χ3v) is 0. The zero-order chi connectivity index (χ0) is 2.71. The lowest BCUT2D eigenvalue weighted by atomic mass is 11.9. The highest BCUT2D eigenvalue weighted by molar-refractivity contribution is 14.0. The summed E-state index contributed by atoms with van der Waals surface area (Å²) in [5.41, 5.74) is 0. The minimum Gasteiger partial charge on any atom is -0.157 e. The van der Waals surface area contributed by atoms with Gasteiger partial charge in [-0.05, 0) is 0 Å². The Labute approximate surface area is 54.1 Å². The average molecular weight is 182 g/mol. The van der Waals surface area contributed by atoms with Crippen LogP contribution >= 0.6 is 24.0 Å². The number of halogens is 1. The first-order valence-corrected chi connectivity index (χ1v) is 4.24. The molecule has 0 unspecified atom stereocenters. The Morgan fingerprint density at radius 3 is 1.25 bits per heavy atom. The van der Waals surface area contributed by atoms with Gasteiger partial charge in [-0.25, -0.2) is 0 Å². The van der Waals surface area contributed by atoms with Crippen LogP contribution in [-0.4, -0.2) is 20.4 Å². The molecule has 0 rings (SSSR count). The van der Waals surface area contributed by atoms with Gasteiger partial charge in [-0.2, -0.15) is 10.1 Å². The Bertz CT molecular complexity index is 6.00. The molecule has 0 aliphatic rings. The van der Waals surface area contributed by atoms with Gasteiger partial charge in [0.15, 0.2) is 0 Å². The van der Waals surface area contributed by atoms with Crippen molar-refractivity contribution in [3.05, 3.63) is 0 Å². The van der Waals surface area contributed by atoms with Crippen LogP contribution in [0.1, 0.15) is 0 Å². The second-order valence-electron chi connectivity index (χ2n) is 0.707. The molecule has 0 atom stereocenters. The maximum atomic E-state index is 2.26. The predicted octanol–water partition coefficient (Wildman–Crippen LogP) is 1.40. The summed E-state index contributed by atoms with van der Waals surface area (Å²) >= 11 is 0.417. The lowest BCUT2D eigenvalue weighted by Crippen LogP contribution is -1.53. The lowest BCUT2D eigenvalue weighted by molar-refractivity contribution is 2.14. The quantitative estimate of drug-likeness (QED) is 0.392. The van der Waals surface area contributed by atoms with E-state index < -0.39 is 0 Å². The van der Waals surface area contributed by atoms with Gasteiger partial charge in [0.05, 0.1) is 0 Å². The minimum absolute atomic E-state index is 0. The fourth-order valence-electron chi connectivity index (χ4n) is 0. The van der Waals surface area contributed by atoms with Gasteiger partial charge < -0.3 is 0 Å². The van der Waals surface area contributed by atoms with E-state index in [9.17, 15) is 0 Å². The Morgan fingerprint density at radius 1 is 1.25 bits per heavy atom. The normalized spacial score (nSPS) is 2.50. The van der Waals surface area contributed by atoms with Gasteiger partial charge in [0.25, 0.3) is 0 Å². The Morgan fingerprint density at radius 2 is 1.25 bits per heavy atom. The van der Waals surface area contributed by atoms with Crippen LogP contribution in [0.4, 0.5) is 0 Å². The van der Waals surface area contributed by atoms with E-state index in [1.807, 2.05) is 0 Å². The standard InChI is InChI=1S/2CH3.HI.Mg/h2*1H3;1H;. The molecule has 0 aliphatic carbocycles. The summed E-state index contributed by atoms with van der Waals surface area (Å²) in [6.07, 6.45) is 0. The van der Waals surface area contributed by atoms with Gasteiger partial charge in [-0.15, -0.1) is 24.0 Å². The summed E-state index contributed by atoms with van der Waals surface area (Å²) in [6, 6.07) is 0. The van der Waals surface area contributed by atoms with E-state index in [2.05, 4.69) is 10.1 Å². The summed E-state index contributed by atoms with van der Waals surface area (Å²) in [7, 11) is 0. The summed E-state index contributed by atoms with van der Waals surface area (Å²) in [4.78, 5) is 0. The summed E-state index contributed by atoms with van der Waals surface area (Å²) in [6.45, 7) is 0. The van der Waals surface area contributed by atoms with E-state index in [0.717, 1.165) is 0 Å². The molecule has 0 saturated carbocycles. The third-order valence-electron chi connectivity index (χ3n) is 0. The molecule has 24 valence electrons.